The average molecular weight is 141 g/mol. The number of hydrogen-bond donors (Lipinski definition) is 1. The molecule has 10 heavy (non-hydrogen) atoms. The van der Waals surface area contributed by atoms with Crippen LogP contribution in [-0.4, -0.2) is 12.6 Å². The van der Waals surface area contributed by atoms with Crippen molar-refractivity contribution < 1.29 is 0 Å². The van der Waals surface area contributed by atoms with Crippen molar-refractivity contribution in [2.24, 2.45) is 10.8 Å². The second kappa shape index (κ2) is 1.97. The molecule has 0 aromatic carbocycles. The highest BCUT2D eigenvalue weighted by molar-refractivity contribution is 5.17. The fraction of sp³-hybridized carbons (Fsp3) is 1.00. The molecule has 0 aromatic rings. The first kappa shape index (κ1) is 8.06. The van der Waals surface area contributed by atoms with Gasteiger partial charge in [-0.1, -0.05) is 34.6 Å². The van der Waals surface area contributed by atoms with Gasteiger partial charge in [-0.25, -0.2) is 0 Å². The van der Waals surface area contributed by atoms with Gasteiger partial charge in [0.15, 0.2) is 0 Å². The molecule has 0 saturated heterocycles. The minimum absolute atomic E-state index is 0.503. The molecule has 1 heteroatoms. The Labute approximate surface area is 64.2 Å². The van der Waals surface area contributed by atoms with Crippen LogP contribution in [0.4, 0.5) is 0 Å². The summed E-state index contributed by atoms with van der Waals surface area (Å²) in [6, 6.07) is 0.727. The van der Waals surface area contributed by atoms with Gasteiger partial charge in [-0.2, -0.15) is 0 Å². The monoisotopic (exact) mass is 141 g/mol. The van der Waals surface area contributed by atoms with E-state index < -0.39 is 0 Å². The summed E-state index contributed by atoms with van der Waals surface area (Å²) >= 11 is 0. The van der Waals surface area contributed by atoms with E-state index in [1.807, 2.05) is 0 Å². The molecule has 60 valence electrons. The van der Waals surface area contributed by atoms with Gasteiger partial charge in [-0.15, -0.1) is 0 Å². The van der Waals surface area contributed by atoms with E-state index in [1.54, 1.807) is 0 Å². The van der Waals surface area contributed by atoms with Gasteiger partial charge in [0.05, 0.1) is 0 Å². The Morgan fingerprint density at radius 2 is 1.50 bits per heavy atom. The van der Waals surface area contributed by atoms with E-state index in [1.165, 1.54) is 0 Å². The van der Waals surface area contributed by atoms with Gasteiger partial charge in [0, 0.05) is 6.04 Å². The lowest BCUT2D eigenvalue weighted by Gasteiger charge is -2.03. The third-order valence-electron chi connectivity index (χ3n) is 3.43. The molecule has 0 aliphatic heterocycles. The maximum Gasteiger partial charge on any atom is 0.0181 e. The van der Waals surface area contributed by atoms with E-state index in [2.05, 4.69) is 39.9 Å². The van der Waals surface area contributed by atoms with Crippen LogP contribution in [0.2, 0.25) is 0 Å². The van der Waals surface area contributed by atoms with E-state index in [0.717, 1.165) is 12.6 Å². The molecule has 0 unspecified atom stereocenters. The van der Waals surface area contributed by atoms with E-state index in [0.29, 0.717) is 10.8 Å². The number of hydrogen-bond acceptors (Lipinski definition) is 1. The molecule has 0 bridgehead atoms. The fourth-order valence-electron chi connectivity index (χ4n) is 1.91. The summed E-state index contributed by atoms with van der Waals surface area (Å²) in [5.41, 5.74) is 1.01. The van der Waals surface area contributed by atoms with Crippen LogP contribution < -0.4 is 5.32 Å². The Hall–Kier alpha value is -0.0400. The third kappa shape index (κ3) is 0.800. The lowest BCUT2D eigenvalue weighted by Crippen LogP contribution is -2.21. The highest BCUT2D eigenvalue weighted by atomic mass is 15.0. The molecular weight excluding hydrogens is 122 g/mol. The predicted molar refractivity (Wildman–Crippen MR) is 45.0 cm³/mol. The first-order chi connectivity index (χ1) is 4.44. The van der Waals surface area contributed by atoms with Crippen LogP contribution in [0.1, 0.15) is 34.6 Å². The van der Waals surface area contributed by atoms with Crippen LogP contribution in [0, 0.1) is 10.8 Å². The average Bonchev–Trinajstić information content (AvgIpc) is 2.13. The first-order valence-electron chi connectivity index (χ1n) is 4.18. The molecule has 0 atom stereocenters. The van der Waals surface area contributed by atoms with Crippen molar-refractivity contribution in [2.75, 3.05) is 6.54 Å². The van der Waals surface area contributed by atoms with Gasteiger partial charge >= 0.3 is 0 Å². The molecule has 1 fully saturated rings. The highest BCUT2D eigenvalue weighted by Crippen LogP contribution is 2.62. The van der Waals surface area contributed by atoms with Crippen molar-refractivity contribution in [1.29, 1.82) is 0 Å². The summed E-state index contributed by atoms with van der Waals surface area (Å²) in [4.78, 5) is 0. The largest absolute Gasteiger partial charge is 0.313 e. The van der Waals surface area contributed by atoms with Crippen molar-refractivity contribution in [1.82, 2.24) is 5.32 Å². The summed E-state index contributed by atoms with van der Waals surface area (Å²) in [5, 5.41) is 3.50. The normalized spacial score (nSPS) is 28.5. The Kier molecular flexibility index (Phi) is 1.59. The summed E-state index contributed by atoms with van der Waals surface area (Å²) < 4.78 is 0. The third-order valence-corrected chi connectivity index (χ3v) is 3.43. The predicted octanol–water partition coefficient (Wildman–Crippen LogP) is 2.03. The second-order valence-electron chi connectivity index (χ2n) is 4.43. The van der Waals surface area contributed by atoms with Crippen molar-refractivity contribution in [3.63, 3.8) is 0 Å². The molecule has 1 aliphatic carbocycles. The lowest BCUT2D eigenvalue weighted by molar-refractivity contribution is 0.457. The molecule has 1 nitrogen and oxygen atoms in total. The Bertz CT molecular complexity index is 122. The standard InChI is InChI=1S/C9H19N/c1-6-10-7-8(2,3)9(7,4)5/h7,10H,6H2,1-5H3. The summed E-state index contributed by atoms with van der Waals surface area (Å²) in [7, 11) is 0. The molecule has 1 aliphatic rings. The Morgan fingerprint density at radius 3 is 1.60 bits per heavy atom. The first-order valence-corrected chi connectivity index (χ1v) is 4.18. The second-order valence-corrected chi connectivity index (χ2v) is 4.43. The number of rotatable bonds is 2. The van der Waals surface area contributed by atoms with E-state index in [4.69, 9.17) is 0 Å². The maximum atomic E-state index is 3.50. The lowest BCUT2D eigenvalue weighted by atomic mass is 10.0. The van der Waals surface area contributed by atoms with Gasteiger partial charge in [0.2, 0.25) is 0 Å². The van der Waals surface area contributed by atoms with Gasteiger partial charge in [-0.3, -0.25) is 0 Å². The maximum absolute atomic E-state index is 3.50. The number of nitrogens with one attached hydrogen (secondary N) is 1. The molecular formula is C9H19N. The van der Waals surface area contributed by atoms with Gasteiger partial charge in [-0.05, 0) is 17.4 Å². The Morgan fingerprint density at radius 1 is 1.10 bits per heavy atom. The van der Waals surface area contributed by atoms with Crippen LogP contribution in [0.5, 0.6) is 0 Å². The summed E-state index contributed by atoms with van der Waals surface area (Å²) in [6.07, 6.45) is 0. The van der Waals surface area contributed by atoms with E-state index >= 15 is 0 Å². The van der Waals surface area contributed by atoms with Gasteiger partial charge < -0.3 is 5.32 Å². The molecule has 0 spiro atoms. The molecule has 0 radical (unpaired) electrons. The van der Waals surface area contributed by atoms with Crippen LogP contribution in [-0.2, 0) is 0 Å². The zero-order valence-corrected chi connectivity index (χ0v) is 7.78. The molecule has 1 N–H and O–H groups in total. The highest BCUT2D eigenvalue weighted by Gasteiger charge is 2.64. The summed E-state index contributed by atoms with van der Waals surface area (Å²) in [6.45, 7) is 12.6. The molecule has 0 aromatic heterocycles. The van der Waals surface area contributed by atoms with Gasteiger partial charge in [0.25, 0.3) is 0 Å². The molecule has 1 rings (SSSR count). The zero-order valence-electron chi connectivity index (χ0n) is 7.78. The smallest absolute Gasteiger partial charge is 0.0181 e. The van der Waals surface area contributed by atoms with Crippen molar-refractivity contribution in [2.45, 2.75) is 40.7 Å². The van der Waals surface area contributed by atoms with E-state index in [-0.39, 0.29) is 0 Å². The fourth-order valence-corrected chi connectivity index (χ4v) is 1.91. The van der Waals surface area contributed by atoms with Crippen molar-refractivity contribution in [3.8, 4) is 0 Å². The SMILES string of the molecule is CCNC1C(C)(C)C1(C)C. The molecule has 1 saturated carbocycles. The van der Waals surface area contributed by atoms with Crippen LogP contribution in [0.3, 0.4) is 0 Å². The molecule has 0 amide bonds. The van der Waals surface area contributed by atoms with Crippen molar-refractivity contribution >= 4 is 0 Å². The van der Waals surface area contributed by atoms with E-state index in [9.17, 15) is 0 Å². The minimum Gasteiger partial charge on any atom is -0.313 e. The van der Waals surface area contributed by atoms with Crippen molar-refractivity contribution in [3.05, 3.63) is 0 Å². The topological polar surface area (TPSA) is 12.0 Å². The minimum atomic E-state index is 0.503. The Balaban J connectivity index is 2.54. The summed E-state index contributed by atoms with van der Waals surface area (Å²) in [5.74, 6) is 0. The van der Waals surface area contributed by atoms with Gasteiger partial charge in [0.1, 0.15) is 0 Å². The van der Waals surface area contributed by atoms with Crippen LogP contribution >= 0.6 is 0 Å². The quantitative estimate of drug-likeness (QED) is 0.620. The zero-order chi connectivity index (χ0) is 7.99. The molecule has 0 heterocycles. The van der Waals surface area contributed by atoms with Crippen LogP contribution in [0.25, 0.3) is 0 Å². The van der Waals surface area contributed by atoms with Crippen LogP contribution in [0.15, 0.2) is 0 Å².